The number of nitrogens with zero attached hydrogens (tertiary/aromatic N) is 2. The third kappa shape index (κ3) is 3.04. The van der Waals surface area contributed by atoms with Gasteiger partial charge < -0.3 is 5.73 Å². The Morgan fingerprint density at radius 3 is 2.33 bits per heavy atom. The standard InChI is InChI=1S/C12H25N3O2S/c1-11-4-2-6-14(9-11)18(16,17)15-7-3-5-12(8-13)10-15/h11-12H,2-10,13H2,1H3. The maximum atomic E-state index is 12.6. The molecule has 0 aromatic heterocycles. The van der Waals surface area contributed by atoms with Gasteiger partial charge in [0.25, 0.3) is 10.2 Å². The van der Waals surface area contributed by atoms with E-state index < -0.39 is 10.2 Å². The lowest BCUT2D eigenvalue weighted by molar-refractivity contribution is 0.225. The van der Waals surface area contributed by atoms with Gasteiger partial charge in [0, 0.05) is 26.2 Å². The summed E-state index contributed by atoms with van der Waals surface area (Å²) < 4.78 is 28.4. The zero-order valence-electron chi connectivity index (χ0n) is 11.2. The normalized spacial score (nSPS) is 32.6. The van der Waals surface area contributed by atoms with E-state index in [1.54, 1.807) is 8.61 Å². The van der Waals surface area contributed by atoms with Crippen LogP contribution in [-0.2, 0) is 10.2 Å². The fourth-order valence-corrected chi connectivity index (χ4v) is 4.84. The smallest absolute Gasteiger partial charge is 0.281 e. The molecule has 18 heavy (non-hydrogen) atoms. The van der Waals surface area contributed by atoms with E-state index in [4.69, 9.17) is 5.73 Å². The van der Waals surface area contributed by atoms with Crippen molar-refractivity contribution in [3.8, 4) is 0 Å². The lowest BCUT2D eigenvalue weighted by atomic mass is 10.0. The van der Waals surface area contributed by atoms with Gasteiger partial charge in [-0.05, 0) is 44.1 Å². The maximum Gasteiger partial charge on any atom is 0.281 e. The Bertz CT molecular complexity index is 372. The number of hydrogen-bond donors (Lipinski definition) is 1. The van der Waals surface area contributed by atoms with Crippen LogP contribution in [0, 0.1) is 11.8 Å². The van der Waals surface area contributed by atoms with Gasteiger partial charge in [-0.15, -0.1) is 0 Å². The fraction of sp³-hybridized carbons (Fsp3) is 1.00. The first-order valence-electron chi connectivity index (χ1n) is 6.99. The largest absolute Gasteiger partial charge is 0.330 e. The molecule has 2 N–H and O–H groups in total. The predicted molar refractivity (Wildman–Crippen MR) is 72.2 cm³/mol. The van der Waals surface area contributed by atoms with Crippen LogP contribution < -0.4 is 5.73 Å². The van der Waals surface area contributed by atoms with Crippen molar-refractivity contribution >= 4 is 10.2 Å². The average Bonchev–Trinajstić information content (AvgIpc) is 2.39. The minimum Gasteiger partial charge on any atom is -0.330 e. The van der Waals surface area contributed by atoms with E-state index >= 15 is 0 Å². The van der Waals surface area contributed by atoms with Crippen LogP contribution in [0.5, 0.6) is 0 Å². The van der Waals surface area contributed by atoms with Crippen molar-refractivity contribution in [2.24, 2.45) is 17.6 Å². The first-order chi connectivity index (χ1) is 8.54. The molecule has 0 aromatic rings. The van der Waals surface area contributed by atoms with Crippen molar-refractivity contribution in [2.75, 3.05) is 32.7 Å². The quantitative estimate of drug-likeness (QED) is 0.821. The maximum absolute atomic E-state index is 12.6. The molecule has 0 bridgehead atoms. The van der Waals surface area contributed by atoms with Crippen LogP contribution in [0.15, 0.2) is 0 Å². The summed E-state index contributed by atoms with van der Waals surface area (Å²) in [6.07, 6.45) is 4.11. The summed E-state index contributed by atoms with van der Waals surface area (Å²) in [5.74, 6) is 0.805. The second-order valence-electron chi connectivity index (χ2n) is 5.72. The molecule has 106 valence electrons. The van der Waals surface area contributed by atoms with Gasteiger partial charge in [-0.2, -0.15) is 17.0 Å². The molecule has 2 fully saturated rings. The third-order valence-electron chi connectivity index (χ3n) is 4.09. The Morgan fingerprint density at radius 1 is 1.11 bits per heavy atom. The Hall–Kier alpha value is -0.170. The predicted octanol–water partition coefficient (Wildman–Crippen LogP) is 0.634. The minimum absolute atomic E-state index is 0.329. The van der Waals surface area contributed by atoms with Crippen LogP contribution in [0.3, 0.4) is 0 Å². The minimum atomic E-state index is -3.25. The molecule has 2 atom stereocenters. The van der Waals surface area contributed by atoms with Crippen LogP contribution >= 0.6 is 0 Å². The fourth-order valence-electron chi connectivity index (χ4n) is 2.95. The van der Waals surface area contributed by atoms with Crippen LogP contribution in [-0.4, -0.2) is 49.8 Å². The van der Waals surface area contributed by atoms with Gasteiger partial charge in [0.05, 0.1) is 0 Å². The summed E-state index contributed by atoms with van der Waals surface area (Å²) >= 11 is 0. The highest BCUT2D eigenvalue weighted by atomic mass is 32.2. The van der Waals surface area contributed by atoms with Crippen molar-refractivity contribution < 1.29 is 8.42 Å². The van der Waals surface area contributed by atoms with Gasteiger partial charge in [-0.1, -0.05) is 6.92 Å². The summed E-state index contributed by atoms with van der Waals surface area (Å²) in [6.45, 7) is 5.32. The van der Waals surface area contributed by atoms with Crippen molar-refractivity contribution in [2.45, 2.75) is 32.6 Å². The highest BCUT2D eigenvalue weighted by Crippen LogP contribution is 2.24. The molecule has 2 aliphatic rings. The molecule has 2 rings (SSSR count). The summed E-state index contributed by atoms with van der Waals surface area (Å²) in [7, 11) is -3.25. The van der Waals surface area contributed by atoms with E-state index in [1.807, 2.05) is 0 Å². The molecule has 0 spiro atoms. The van der Waals surface area contributed by atoms with E-state index in [0.29, 0.717) is 44.6 Å². The topological polar surface area (TPSA) is 66.6 Å². The van der Waals surface area contributed by atoms with Gasteiger partial charge in [0.15, 0.2) is 0 Å². The van der Waals surface area contributed by atoms with Gasteiger partial charge in [0.2, 0.25) is 0 Å². The van der Waals surface area contributed by atoms with Crippen molar-refractivity contribution in [3.05, 3.63) is 0 Å². The summed E-state index contributed by atoms with van der Waals surface area (Å²) in [6, 6.07) is 0. The summed E-state index contributed by atoms with van der Waals surface area (Å²) in [5, 5.41) is 0. The van der Waals surface area contributed by atoms with Gasteiger partial charge in [-0.25, -0.2) is 0 Å². The molecule has 0 aromatic carbocycles. The molecule has 6 heteroatoms. The molecular weight excluding hydrogens is 250 g/mol. The zero-order chi connectivity index (χ0) is 13.2. The molecule has 0 amide bonds. The zero-order valence-corrected chi connectivity index (χ0v) is 12.0. The molecule has 5 nitrogen and oxygen atoms in total. The molecule has 0 saturated carbocycles. The van der Waals surface area contributed by atoms with E-state index in [2.05, 4.69) is 6.92 Å². The Labute approximate surface area is 110 Å². The molecule has 2 saturated heterocycles. The molecule has 2 aliphatic heterocycles. The highest BCUT2D eigenvalue weighted by Gasteiger charge is 2.34. The Kier molecular flexibility index (Phi) is 4.64. The first kappa shape index (κ1) is 14.2. The number of hydrogen-bond acceptors (Lipinski definition) is 3. The number of nitrogens with two attached hydrogens (primary N) is 1. The molecule has 2 unspecified atom stereocenters. The van der Waals surface area contributed by atoms with Crippen molar-refractivity contribution in [1.29, 1.82) is 0 Å². The second kappa shape index (κ2) is 5.86. The van der Waals surface area contributed by atoms with Crippen molar-refractivity contribution in [1.82, 2.24) is 8.61 Å². The van der Waals surface area contributed by atoms with Gasteiger partial charge in [0.1, 0.15) is 0 Å². The molecule has 0 radical (unpaired) electrons. The highest BCUT2D eigenvalue weighted by molar-refractivity contribution is 7.86. The summed E-state index contributed by atoms with van der Waals surface area (Å²) in [5.41, 5.74) is 5.67. The van der Waals surface area contributed by atoms with Crippen LogP contribution in [0.2, 0.25) is 0 Å². The van der Waals surface area contributed by atoms with Crippen LogP contribution in [0.1, 0.15) is 32.6 Å². The van der Waals surface area contributed by atoms with Gasteiger partial charge >= 0.3 is 0 Å². The lowest BCUT2D eigenvalue weighted by Gasteiger charge is -2.37. The van der Waals surface area contributed by atoms with Gasteiger partial charge in [-0.3, -0.25) is 0 Å². The lowest BCUT2D eigenvalue weighted by Crippen LogP contribution is -2.51. The van der Waals surface area contributed by atoms with E-state index in [0.717, 1.165) is 25.7 Å². The molecule has 2 heterocycles. The van der Waals surface area contributed by atoms with Crippen LogP contribution in [0.4, 0.5) is 0 Å². The van der Waals surface area contributed by atoms with E-state index in [1.165, 1.54) is 0 Å². The monoisotopic (exact) mass is 275 g/mol. The number of rotatable bonds is 3. The van der Waals surface area contributed by atoms with Crippen LogP contribution in [0.25, 0.3) is 0 Å². The Balaban J connectivity index is 2.05. The third-order valence-corrected chi connectivity index (χ3v) is 6.06. The van der Waals surface area contributed by atoms with E-state index in [-0.39, 0.29) is 0 Å². The first-order valence-corrected chi connectivity index (χ1v) is 8.39. The SMILES string of the molecule is CC1CCCN(S(=O)(=O)N2CCCC(CN)C2)C1. The summed E-state index contributed by atoms with van der Waals surface area (Å²) in [4.78, 5) is 0. The average molecular weight is 275 g/mol. The Morgan fingerprint density at radius 2 is 1.72 bits per heavy atom. The second-order valence-corrected chi connectivity index (χ2v) is 7.64. The van der Waals surface area contributed by atoms with E-state index in [9.17, 15) is 8.42 Å². The molecule has 0 aliphatic carbocycles. The number of piperidine rings is 2. The van der Waals surface area contributed by atoms with Crippen molar-refractivity contribution in [3.63, 3.8) is 0 Å². The molecular formula is C12H25N3O2S.